The van der Waals surface area contributed by atoms with E-state index in [4.69, 9.17) is 23.2 Å². The zero-order valence-corrected chi connectivity index (χ0v) is 10.0. The lowest BCUT2D eigenvalue weighted by Gasteiger charge is -2.05. The van der Waals surface area contributed by atoms with Gasteiger partial charge >= 0.3 is 0 Å². The summed E-state index contributed by atoms with van der Waals surface area (Å²) in [4.78, 5) is 19.6. The van der Waals surface area contributed by atoms with Crippen molar-refractivity contribution in [2.45, 2.75) is 0 Å². The molecule has 2 aromatic rings. The zero-order chi connectivity index (χ0) is 12.3. The summed E-state index contributed by atoms with van der Waals surface area (Å²) in [6.45, 7) is 0. The van der Waals surface area contributed by atoms with Crippen LogP contribution >= 0.6 is 23.2 Å². The minimum Gasteiger partial charge on any atom is -0.306 e. The third kappa shape index (κ3) is 2.93. The minimum atomic E-state index is -0.377. The molecule has 86 valence electrons. The maximum atomic E-state index is 11.8. The number of hydrogen-bond donors (Lipinski definition) is 1. The Hall–Kier alpha value is -1.65. The Morgan fingerprint density at radius 1 is 1.18 bits per heavy atom. The number of aromatic nitrogens is 2. The maximum absolute atomic E-state index is 11.8. The van der Waals surface area contributed by atoms with E-state index in [2.05, 4.69) is 15.3 Å². The summed E-state index contributed by atoms with van der Waals surface area (Å²) in [5, 5.41) is 3.03. The summed E-state index contributed by atoms with van der Waals surface area (Å²) in [5.41, 5.74) is 0.288. The fraction of sp³-hybridized carbons (Fsp3) is 0. The number of rotatable bonds is 2. The lowest BCUT2D eigenvalue weighted by atomic mass is 10.2. The average Bonchev–Trinajstić information content (AvgIpc) is 2.29. The van der Waals surface area contributed by atoms with Gasteiger partial charge < -0.3 is 5.32 Å². The molecule has 2 heterocycles. The molecule has 0 saturated carbocycles. The molecular formula is C11H7Cl2N3O. The first kappa shape index (κ1) is 11.8. The standard InChI is InChI=1S/C11H7Cl2N3O/c12-8-4-1-5-9(15-8)16-11(17)7-3-2-6-14-10(7)13/h1-6H,(H,15,16,17). The zero-order valence-electron chi connectivity index (χ0n) is 8.52. The largest absolute Gasteiger partial charge is 0.306 e. The number of halogens is 2. The number of nitrogens with zero attached hydrogens (tertiary/aromatic N) is 2. The summed E-state index contributed by atoms with van der Waals surface area (Å²) in [7, 11) is 0. The van der Waals surface area contributed by atoms with Crippen LogP contribution in [0.2, 0.25) is 10.3 Å². The van der Waals surface area contributed by atoms with Gasteiger partial charge in [0.05, 0.1) is 5.56 Å². The van der Waals surface area contributed by atoms with Gasteiger partial charge in [-0.25, -0.2) is 9.97 Å². The minimum absolute atomic E-state index is 0.145. The van der Waals surface area contributed by atoms with E-state index in [-0.39, 0.29) is 16.6 Å². The highest BCUT2D eigenvalue weighted by Gasteiger charge is 2.11. The van der Waals surface area contributed by atoms with Crippen LogP contribution in [-0.4, -0.2) is 15.9 Å². The highest BCUT2D eigenvalue weighted by atomic mass is 35.5. The molecule has 0 saturated heterocycles. The van der Waals surface area contributed by atoms with E-state index in [9.17, 15) is 4.79 Å². The summed E-state index contributed by atoms with van der Waals surface area (Å²) in [6.07, 6.45) is 1.51. The third-order valence-electron chi connectivity index (χ3n) is 1.96. The average molecular weight is 268 g/mol. The molecule has 0 aliphatic rings. The number of anilines is 1. The molecule has 17 heavy (non-hydrogen) atoms. The topological polar surface area (TPSA) is 54.9 Å². The van der Waals surface area contributed by atoms with E-state index in [0.717, 1.165) is 0 Å². The fourth-order valence-corrected chi connectivity index (χ4v) is 1.59. The van der Waals surface area contributed by atoms with Crippen molar-refractivity contribution in [1.29, 1.82) is 0 Å². The van der Waals surface area contributed by atoms with E-state index in [1.165, 1.54) is 6.20 Å². The van der Waals surface area contributed by atoms with E-state index in [1.807, 2.05) is 0 Å². The summed E-state index contributed by atoms with van der Waals surface area (Å²) >= 11 is 11.5. The van der Waals surface area contributed by atoms with Crippen LogP contribution in [0.1, 0.15) is 10.4 Å². The van der Waals surface area contributed by atoms with Gasteiger partial charge in [-0.05, 0) is 24.3 Å². The van der Waals surface area contributed by atoms with Gasteiger partial charge in [-0.2, -0.15) is 0 Å². The van der Waals surface area contributed by atoms with Gasteiger partial charge in [0.25, 0.3) is 5.91 Å². The molecule has 0 aliphatic carbocycles. The van der Waals surface area contributed by atoms with Crippen LogP contribution in [0.5, 0.6) is 0 Å². The second kappa shape index (κ2) is 5.12. The fourth-order valence-electron chi connectivity index (χ4n) is 1.22. The predicted octanol–water partition coefficient (Wildman–Crippen LogP) is 3.04. The molecule has 0 bridgehead atoms. The Kier molecular flexibility index (Phi) is 3.56. The van der Waals surface area contributed by atoms with E-state index >= 15 is 0 Å². The molecule has 0 atom stereocenters. The van der Waals surface area contributed by atoms with Crippen molar-refractivity contribution in [3.63, 3.8) is 0 Å². The molecule has 6 heteroatoms. The van der Waals surface area contributed by atoms with Crippen molar-refractivity contribution in [2.24, 2.45) is 0 Å². The van der Waals surface area contributed by atoms with Gasteiger partial charge in [-0.1, -0.05) is 29.3 Å². The van der Waals surface area contributed by atoms with E-state index < -0.39 is 0 Å². The number of carbonyl (C=O) groups excluding carboxylic acids is 1. The Morgan fingerprint density at radius 3 is 2.71 bits per heavy atom. The number of pyridine rings is 2. The second-order valence-corrected chi connectivity index (χ2v) is 3.89. The smallest absolute Gasteiger partial charge is 0.259 e. The highest BCUT2D eigenvalue weighted by Crippen LogP contribution is 2.14. The normalized spacial score (nSPS) is 10.0. The second-order valence-electron chi connectivity index (χ2n) is 3.14. The van der Waals surface area contributed by atoms with Crippen molar-refractivity contribution >= 4 is 34.9 Å². The van der Waals surface area contributed by atoms with Crippen molar-refractivity contribution in [1.82, 2.24) is 9.97 Å². The SMILES string of the molecule is O=C(Nc1cccc(Cl)n1)c1cccnc1Cl. The van der Waals surface area contributed by atoms with Gasteiger partial charge in [-0.3, -0.25) is 4.79 Å². The molecule has 0 fully saturated rings. The van der Waals surface area contributed by atoms with Gasteiger partial charge in [0, 0.05) is 6.20 Å². The first-order chi connectivity index (χ1) is 8.16. The molecule has 0 aromatic carbocycles. The summed E-state index contributed by atoms with van der Waals surface area (Å²) in [6, 6.07) is 8.15. The van der Waals surface area contributed by atoms with Crippen LogP contribution in [0, 0.1) is 0 Å². The van der Waals surface area contributed by atoms with Gasteiger partial charge in [-0.15, -0.1) is 0 Å². The molecule has 4 nitrogen and oxygen atoms in total. The Labute approximate surface area is 108 Å². The Balaban J connectivity index is 2.20. The lowest BCUT2D eigenvalue weighted by molar-refractivity contribution is 0.102. The van der Waals surface area contributed by atoms with Crippen LogP contribution in [-0.2, 0) is 0 Å². The molecule has 2 aromatic heterocycles. The van der Waals surface area contributed by atoms with E-state index in [1.54, 1.807) is 30.3 Å². The Morgan fingerprint density at radius 2 is 2.00 bits per heavy atom. The number of carbonyl (C=O) groups is 1. The molecule has 0 unspecified atom stereocenters. The number of nitrogens with one attached hydrogen (secondary N) is 1. The monoisotopic (exact) mass is 267 g/mol. The van der Waals surface area contributed by atoms with Crippen LogP contribution in [0.4, 0.5) is 5.82 Å². The highest BCUT2D eigenvalue weighted by molar-refractivity contribution is 6.33. The Bertz CT molecular complexity index is 560. The molecule has 1 N–H and O–H groups in total. The maximum Gasteiger partial charge on any atom is 0.259 e. The molecule has 0 aliphatic heterocycles. The summed E-state index contributed by atoms with van der Waals surface area (Å²) < 4.78 is 0. The van der Waals surface area contributed by atoms with Crippen molar-refractivity contribution < 1.29 is 4.79 Å². The molecule has 0 radical (unpaired) electrons. The van der Waals surface area contributed by atoms with Crippen molar-refractivity contribution in [3.05, 3.63) is 52.4 Å². The number of hydrogen-bond acceptors (Lipinski definition) is 3. The lowest BCUT2D eigenvalue weighted by Crippen LogP contribution is -2.13. The van der Waals surface area contributed by atoms with Crippen molar-refractivity contribution in [3.8, 4) is 0 Å². The van der Waals surface area contributed by atoms with Gasteiger partial charge in [0.2, 0.25) is 0 Å². The predicted molar refractivity (Wildman–Crippen MR) is 66.4 cm³/mol. The van der Waals surface area contributed by atoms with Crippen LogP contribution in [0.15, 0.2) is 36.5 Å². The van der Waals surface area contributed by atoms with Crippen LogP contribution < -0.4 is 5.32 Å². The van der Waals surface area contributed by atoms with E-state index in [0.29, 0.717) is 11.0 Å². The first-order valence-corrected chi connectivity index (χ1v) is 5.47. The molecule has 0 spiro atoms. The van der Waals surface area contributed by atoms with Crippen LogP contribution in [0.3, 0.4) is 0 Å². The quantitative estimate of drug-likeness (QED) is 0.851. The summed E-state index contributed by atoms with van der Waals surface area (Å²) in [5.74, 6) is -0.0136. The van der Waals surface area contributed by atoms with Crippen LogP contribution in [0.25, 0.3) is 0 Å². The van der Waals surface area contributed by atoms with Crippen molar-refractivity contribution in [2.75, 3.05) is 5.32 Å². The molecular weight excluding hydrogens is 261 g/mol. The van der Waals surface area contributed by atoms with Gasteiger partial charge in [0.15, 0.2) is 0 Å². The van der Waals surface area contributed by atoms with Gasteiger partial charge in [0.1, 0.15) is 16.1 Å². The number of amides is 1. The first-order valence-electron chi connectivity index (χ1n) is 4.71. The molecule has 1 amide bonds. The third-order valence-corrected chi connectivity index (χ3v) is 2.47. The molecule has 2 rings (SSSR count).